The number of carbonyl (C=O) groups is 1. The highest BCUT2D eigenvalue weighted by atomic mass is 35.5. The second-order valence-corrected chi connectivity index (χ2v) is 5.08. The molecule has 1 unspecified atom stereocenters. The molecular formula is C12H25ClN2O. The number of hydrogen-bond donors (Lipinski definition) is 2. The molecule has 1 amide bonds. The van der Waals surface area contributed by atoms with Gasteiger partial charge in [0.1, 0.15) is 0 Å². The fourth-order valence-electron chi connectivity index (χ4n) is 2.20. The molecule has 0 spiro atoms. The number of amides is 1. The predicted octanol–water partition coefficient (Wildman–Crippen LogP) is 1.96. The van der Waals surface area contributed by atoms with Gasteiger partial charge in [-0.2, -0.15) is 0 Å². The number of nitrogens with one attached hydrogen (secondary N) is 2. The zero-order chi connectivity index (χ0) is 11.3. The summed E-state index contributed by atoms with van der Waals surface area (Å²) in [5, 5.41) is 6.37. The van der Waals surface area contributed by atoms with Gasteiger partial charge in [-0.1, -0.05) is 13.8 Å². The van der Waals surface area contributed by atoms with Crippen molar-refractivity contribution in [1.82, 2.24) is 10.6 Å². The lowest BCUT2D eigenvalue weighted by Gasteiger charge is -2.24. The normalized spacial score (nSPS) is 22.4. The van der Waals surface area contributed by atoms with Gasteiger partial charge in [0, 0.05) is 12.6 Å². The maximum atomic E-state index is 11.8. The van der Waals surface area contributed by atoms with Gasteiger partial charge in [0.15, 0.2) is 0 Å². The van der Waals surface area contributed by atoms with E-state index >= 15 is 0 Å². The maximum absolute atomic E-state index is 11.8. The maximum Gasteiger partial charge on any atom is 0.224 e. The highest BCUT2D eigenvalue weighted by Crippen LogP contribution is 2.11. The smallest absolute Gasteiger partial charge is 0.224 e. The van der Waals surface area contributed by atoms with Gasteiger partial charge in [-0.25, -0.2) is 0 Å². The second-order valence-electron chi connectivity index (χ2n) is 5.08. The van der Waals surface area contributed by atoms with E-state index in [1.165, 1.54) is 0 Å². The van der Waals surface area contributed by atoms with E-state index in [0.717, 1.165) is 32.4 Å². The molecule has 0 aromatic heterocycles. The standard InChI is InChI=1S/C12H24N2O.ClH/c1-9(2)7-10(3)14-12(15)11-5-4-6-13-8-11;/h9-11,13H,4-8H2,1-3H3,(H,14,15);1H/t10?,11-;/m1./s1. The van der Waals surface area contributed by atoms with Crippen LogP contribution in [0.1, 0.15) is 40.0 Å². The van der Waals surface area contributed by atoms with Gasteiger partial charge in [0.25, 0.3) is 0 Å². The number of carbonyl (C=O) groups excluding carboxylic acids is 1. The Balaban J connectivity index is 0.00000225. The van der Waals surface area contributed by atoms with Crippen molar-refractivity contribution in [3.8, 4) is 0 Å². The van der Waals surface area contributed by atoms with Gasteiger partial charge < -0.3 is 10.6 Å². The Kier molecular flexibility index (Phi) is 7.77. The lowest BCUT2D eigenvalue weighted by Crippen LogP contribution is -2.43. The van der Waals surface area contributed by atoms with Crippen LogP contribution < -0.4 is 10.6 Å². The largest absolute Gasteiger partial charge is 0.353 e. The Morgan fingerprint density at radius 2 is 2.12 bits per heavy atom. The van der Waals surface area contributed by atoms with E-state index in [2.05, 4.69) is 31.4 Å². The molecular weight excluding hydrogens is 224 g/mol. The van der Waals surface area contributed by atoms with Crippen molar-refractivity contribution in [2.45, 2.75) is 46.1 Å². The SMILES string of the molecule is CC(C)CC(C)NC(=O)[C@@H]1CCCNC1.Cl. The molecule has 16 heavy (non-hydrogen) atoms. The molecule has 0 aliphatic carbocycles. The van der Waals surface area contributed by atoms with Crippen LogP contribution in [0.4, 0.5) is 0 Å². The molecule has 2 atom stereocenters. The highest BCUT2D eigenvalue weighted by Gasteiger charge is 2.21. The fraction of sp³-hybridized carbons (Fsp3) is 0.917. The Morgan fingerprint density at radius 1 is 1.44 bits per heavy atom. The molecule has 1 aliphatic heterocycles. The van der Waals surface area contributed by atoms with Crippen molar-refractivity contribution in [3.05, 3.63) is 0 Å². The summed E-state index contributed by atoms with van der Waals surface area (Å²) in [6.45, 7) is 8.37. The first-order valence-corrected chi connectivity index (χ1v) is 6.10. The summed E-state index contributed by atoms with van der Waals surface area (Å²) in [6.07, 6.45) is 3.22. The summed E-state index contributed by atoms with van der Waals surface area (Å²) in [6, 6.07) is 0.305. The van der Waals surface area contributed by atoms with Gasteiger partial charge in [-0.15, -0.1) is 12.4 Å². The summed E-state index contributed by atoms with van der Waals surface area (Å²) in [7, 11) is 0. The Hall–Kier alpha value is -0.280. The molecule has 0 aromatic carbocycles. The van der Waals surface area contributed by atoms with Gasteiger partial charge >= 0.3 is 0 Å². The van der Waals surface area contributed by atoms with Crippen LogP contribution in [0.3, 0.4) is 0 Å². The Bertz CT molecular complexity index is 203. The van der Waals surface area contributed by atoms with Gasteiger partial charge in [-0.05, 0) is 38.6 Å². The van der Waals surface area contributed by atoms with E-state index in [1.54, 1.807) is 0 Å². The summed E-state index contributed by atoms with van der Waals surface area (Å²) in [5.41, 5.74) is 0. The van der Waals surface area contributed by atoms with Crippen molar-refractivity contribution < 1.29 is 4.79 Å². The van der Waals surface area contributed by atoms with Crippen molar-refractivity contribution in [1.29, 1.82) is 0 Å². The molecule has 1 saturated heterocycles. The van der Waals surface area contributed by atoms with Crippen LogP contribution in [0.25, 0.3) is 0 Å². The third-order valence-electron chi connectivity index (χ3n) is 2.88. The molecule has 0 saturated carbocycles. The summed E-state index contributed by atoms with van der Waals surface area (Å²) >= 11 is 0. The second kappa shape index (κ2) is 7.91. The van der Waals surface area contributed by atoms with Crippen LogP contribution in [-0.2, 0) is 4.79 Å². The van der Waals surface area contributed by atoms with Gasteiger partial charge in [0.2, 0.25) is 5.91 Å². The summed E-state index contributed by atoms with van der Waals surface area (Å²) in [5.74, 6) is 1.06. The van der Waals surface area contributed by atoms with Gasteiger partial charge in [-0.3, -0.25) is 4.79 Å². The van der Waals surface area contributed by atoms with E-state index in [9.17, 15) is 4.79 Å². The number of rotatable bonds is 4. The zero-order valence-electron chi connectivity index (χ0n) is 10.6. The molecule has 1 aliphatic rings. The van der Waals surface area contributed by atoms with Gasteiger partial charge in [0.05, 0.1) is 5.92 Å². The third-order valence-corrected chi connectivity index (χ3v) is 2.88. The Morgan fingerprint density at radius 3 is 2.62 bits per heavy atom. The number of piperidine rings is 1. The molecule has 0 bridgehead atoms. The first kappa shape index (κ1) is 15.7. The zero-order valence-corrected chi connectivity index (χ0v) is 11.4. The van der Waals surface area contributed by atoms with Crippen LogP contribution in [0.15, 0.2) is 0 Å². The first-order valence-electron chi connectivity index (χ1n) is 6.10. The first-order chi connectivity index (χ1) is 7.09. The van der Waals surface area contributed by atoms with Crippen LogP contribution in [0.2, 0.25) is 0 Å². The minimum atomic E-state index is 0. The minimum Gasteiger partial charge on any atom is -0.353 e. The lowest BCUT2D eigenvalue weighted by atomic mass is 9.97. The van der Waals surface area contributed by atoms with Crippen molar-refractivity contribution in [3.63, 3.8) is 0 Å². The van der Waals surface area contributed by atoms with Crippen LogP contribution in [0, 0.1) is 11.8 Å². The monoisotopic (exact) mass is 248 g/mol. The molecule has 4 heteroatoms. The van der Waals surface area contributed by atoms with Crippen molar-refractivity contribution >= 4 is 18.3 Å². The fourth-order valence-corrected chi connectivity index (χ4v) is 2.20. The van der Waals surface area contributed by atoms with E-state index < -0.39 is 0 Å². The predicted molar refractivity (Wildman–Crippen MR) is 69.9 cm³/mol. The van der Waals surface area contributed by atoms with Crippen molar-refractivity contribution in [2.75, 3.05) is 13.1 Å². The highest BCUT2D eigenvalue weighted by molar-refractivity contribution is 5.85. The molecule has 0 aromatic rings. The molecule has 1 heterocycles. The molecule has 2 N–H and O–H groups in total. The summed E-state index contributed by atoms with van der Waals surface area (Å²) < 4.78 is 0. The average molecular weight is 249 g/mol. The van der Waals surface area contributed by atoms with Crippen LogP contribution in [-0.4, -0.2) is 25.0 Å². The van der Waals surface area contributed by atoms with E-state index in [-0.39, 0.29) is 24.2 Å². The van der Waals surface area contributed by atoms with E-state index in [1.807, 2.05) is 0 Å². The number of hydrogen-bond acceptors (Lipinski definition) is 2. The minimum absolute atomic E-state index is 0. The third kappa shape index (κ3) is 5.71. The number of halogens is 1. The molecule has 0 radical (unpaired) electrons. The van der Waals surface area contributed by atoms with Crippen molar-refractivity contribution in [2.24, 2.45) is 11.8 Å². The Labute approximate surface area is 105 Å². The lowest BCUT2D eigenvalue weighted by molar-refractivity contribution is -0.126. The molecule has 1 rings (SSSR count). The summed E-state index contributed by atoms with van der Waals surface area (Å²) in [4.78, 5) is 11.8. The average Bonchev–Trinajstić information content (AvgIpc) is 2.17. The topological polar surface area (TPSA) is 41.1 Å². The van der Waals surface area contributed by atoms with Crippen LogP contribution >= 0.6 is 12.4 Å². The molecule has 1 fully saturated rings. The quantitative estimate of drug-likeness (QED) is 0.799. The van der Waals surface area contributed by atoms with Crippen LogP contribution in [0.5, 0.6) is 0 Å². The van der Waals surface area contributed by atoms with E-state index in [0.29, 0.717) is 12.0 Å². The molecule has 96 valence electrons. The van der Waals surface area contributed by atoms with E-state index in [4.69, 9.17) is 0 Å². The molecule has 3 nitrogen and oxygen atoms in total.